The zero-order valence-corrected chi connectivity index (χ0v) is 13.9. The number of rotatable bonds is 8. The number of nitrogens with one attached hydrogen (secondary N) is 1. The average Bonchev–Trinajstić information content (AvgIpc) is 3.26. The molecule has 2 aliphatic rings. The van der Waals surface area contributed by atoms with Crippen molar-refractivity contribution in [1.29, 1.82) is 0 Å². The Hall–Kier alpha value is -0.380. The van der Waals surface area contributed by atoms with Gasteiger partial charge in [-0.3, -0.25) is 4.90 Å². The van der Waals surface area contributed by atoms with Gasteiger partial charge in [-0.1, -0.05) is 13.8 Å². The van der Waals surface area contributed by atoms with Crippen LogP contribution in [0.4, 0.5) is 0 Å². The molecule has 1 aromatic heterocycles. The zero-order chi connectivity index (χ0) is 14.1. The largest absolute Gasteiger partial charge is 0.309 e. The van der Waals surface area contributed by atoms with Crippen molar-refractivity contribution in [3.8, 4) is 0 Å². The summed E-state index contributed by atoms with van der Waals surface area (Å²) in [7, 11) is 0. The van der Waals surface area contributed by atoms with Crippen molar-refractivity contribution >= 4 is 11.3 Å². The standard InChI is InChI=1S/C17H28N2S/c1-12(2)10-19(16-6-7-16)11-14-8-17(20-13(14)3)9-18-15-4-5-15/h8,12,15-16,18H,4-7,9-11H2,1-3H3. The molecule has 0 aliphatic heterocycles. The molecule has 2 aliphatic carbocycles. The van der Waals surface area contributed by atoms with Gasteiger partial charge in [0, 0.05) is 41.5 Å². The molecule has 0 atom stereocenters. The predicted molar refractivity (Wildman–Crippen MR) is 87.2 cm³/mol. The van der Waals surface area contributed by atoms with Crippen LogP contribution in [-0.2, 0) is 13.1 Å². The quantitative estimate of drug-likeness (QED) is 0.781. The maximum absolute atomic E-state index is 3.63. The molecule has 2 nitrogen and oxygen atoms in total. The molecule has 0 spiro atoms. The second kappa shape index (κ2) is 6.17. The molecule has 3 heteroatoms. The highest BCUT2D eigenvalue weighted by Crippen LogP contribution is 2.31. The molecule has 0 bridgehead atoms. The summed E-state index contributed by atoms with van der Waals surface area (Å²) >= 11 is 1.99. The lowest BCUT2D eigenvalue weighted by molar-refractivity contribution is 0.226. The third-order valence-corrected chi connectivity index (χ3v) is 5.34. The fraction of sp³-hybridized carbons (Fsp3) is 0.765. The van der Waals surface area contributed by atoms with Gasteiger partial charge >= 0.3 is 0 Å². The van der Waals surface area contributed by atoms with Gasteiger partial charge in [-0.05, 0) is 50.2 Å². The smallest absolute Gasteiger partial charge is 0.0302 e. The second-order valence-electron chi connectivity index (χ2n) is 7.00. The Labute approximate surface area is 127 Å². The summed E-state index contributed by atoms with van der Waals surface area (Å²) in [5.74, 6) is 0.769. The predicted octanol–water partition coefficient (Wildman–Crippen LogP) is 3.93. The maximum atomic E-state index is 3.63. The molecule has 0 unspecified atom stereocenters. The first-order chi connectivity index (χ1) is 9.61. The van der Waals surface area contributed by atoms with Crippen LogP contribution in [0, 0.1) is 12.8 Å². The van der Waals surface area contributed by atoms with E-state index < -0.39 is 0 Å². The van der Waals surface area contributed by atoms with E-state index in [2.05, 4.69) is 37.1 Å². The van der Waals surface area contributed by atoms with Gasteiger partial charge < -0.3 is 5.32 Å². The zero-order valence-electron chi connectivity index (χ0n) is 13.1. The average molecular weight is 292 g/mol. The van der Waals surface area contributed by atoms with Crippen molar-refractivity contribution in [2.75, 3.05) is 6.54 Å². The molecular weight excluding hydrogens is 264 g/mol. The van der Waals surface area contributed by atoms with Crippen LogP contribution in [0.25, 0.3) is 0 Å². The van der Waals surface area contributed by atoms with Crippen molar-refractivity contribution in [3.63, 3.8) is 0 Å². The van der Waals surface area contributed by atoms with Gasteiger partial charge in [0.05, 0.1) is 0 Å². The van der Waals surface area contributed by atoms with Gasteiger partial charge in [0.1, 0.15) is 0 Å². The summed E-state index contributed by atoms with van der Waals surface area (Å²) in [4.78, 5) is 5.74. The molecule has 3 rings (SSSR count). The molecule has 1 N–H and O–H groups in total. The lowest BCUT2D eigenvalue weighted by Gasteiger charge is -2.24. The number of aryl methyl sites for hydroxylation is 1. The molecule has 0 radical (unpaired) electrons. The first-order valence-electron chi connectivity index (χ1n) is 8.17. The summed E-state index contributed by atoms with van der Waals surface area (Å²) in [6, 6.07) is 4.12. The van der Waals surface area contributed by atoms with Crippen LogP contribution in [0.15, 0.2) is 6.07 Å². The van der Waals surface area contributed by atoms with Crippen molar-refractivity contribution in [1.82, 2.24) is 10.2 Å². The van der Waals surface area contributed by atoms with E-state index in [9.17, 15) is 0 Å². The number of hydrogen-bond acceptors (Lipinski definition) is 3. The highest BCUT2D eigenvalue weighted by molar-refractivity contribution is 7.12. The topological polar surface area (TPSA) is 15.3 Å². The lowest BCUT2D eigenvalue weighted by atomic mass is 10.1. The normalized spacial score (nSPS) is 19.2. The summed E-state index contributed by atoms with van der Waals surface area (Å²) in [6.07, 6.45) is 5.57. The Morgan fingerprint density at radius 1 is 1.30 bits per heavy atom. The Morgan fingerprint density at radius 2 is 2.05 bits per heavy atom. The van der Waals surface area contributed by atoms with Crippen LogP contribution < -0.4 is 5.32 Å². The van der Waals surface area contributed by atoms with E-state index in [-0.39, 0.29) is 0 Å². The minimum atomic E-state index is 0.769. The van der Waals surface area contributed by atoms with Crippen LogP contribution in [0.5, 0.6) is 0 Å². The van der Waals surface area contributed by atoms with Gasteiger partial charge in [0.25, 0.3) is 0 Å². The minimum Gasteiger partial charge on any atom is -0.309 e. The summed E-state index contributed by atoms with van der Waals surface area (Å²) in [6.45, 7) is 10.4. The fourth-order valence-electron chi connectivity index (χ4n) is 2.83. The van der Waals surface area contributed by atoms with E-state index >= 15 is 0 Å². The Balaban J connectivity index is 1.59. The maximum Gasteiger partial charge on any atom is 0.0302 e. The molecule has 112 valence electrons. The van der Waals surface area contributed by atoms with Gasteiger partial charge in [-0.2, -0.15) is 0 Å². The SMILES string of the molecule is Cc1sc(CNC2CC2)cc1CN(CC(C)C)C1CC1. The third kappa shape index (κ3) is 4.06. The van der Waals surface area contributed by atoms with E-state index in [1.807, 2.05) is 11.3 Å². The van der Waals surface area contributed by atoms with Gasteiger partial charge in [0.15, 0.2) is 0 Å². The molecule has 2 saturated carbocycles. The van der Waals surface area contributed by atoms with Gasteiger partial charge in [-0.15, -0.1) is 11.3 Å². The minimum absolute atomic E-state index is 0.769. The van der Waals surface area contributed by atoms with E-state index in [0.29, 0.717) is 0 Å². The van der Waals surface area contributed by atoms with E-state index in [1.165, 1.54) is 42.0 Å². The van der Waals surface area contributed by atoms with Crippen molar-refractivity contribution in [2.45, 2.75) is 71.6 Å². The van der Waals surface area contributed by atoms with E-state index in [1.54, 1.807) is 5.56 Å². The summed E-state index contributed by atoms with van der Waals surface area (Å²) in [5.41, 5.74) is 1.56. The fourth-order valence-corrected chi connectivity index (χ4v) is 3.84. The van der Waals surface area contributed by atoms with Gasteiger partial charge in [0.2, 0.25) is 0 Å². The highest BCUT2D eigenvalue weighted by Gasteiger charge is 2.29. The van der Waals surface area contributed by atoms with Crippen LogP contribution in [0.3, 0.4) is 0 Å². The van der Waals surface area contributed by atoms with Crippen LogP contribution in [0.1, 0.15) is 54.8 Å². The molecule has 1 aromatic rings. The van der Waals surface area contributed by atoms with Crippen LogP contribution >= 0.6 is 11.3 Å². The first-order valence-corrected chi connectivity index (χ1v) is 8.99. The Bertz CT molecular complexity index is 444. The molecule has 0 saturated heterocycles. The molecular formula is C17H28N2S. The molecule has 1 heterocycles. The lowest BCUT2D eigenvalue weighted by Crippen LogP contribution is -2.29. The van der Waals surface area contributed by atoms with E-state index in [0.717, 1.165) is 31.1 Å². The van der Waals surface area contributed by atoms with Crippen molar-refractivity contribution in [2.24, 2.45) is 5.92 Å². The molecule has 20 heavy (non-hydrogen) atoms. The molecule has 0 aromatic carbocycles. The second-order valence-corrected chi connectivity index (χ2v) is 8.34. The van der Waals surface area contributed by atoms with E-state index in [4.69, 9.17) is 0 Å². The first kappa shape index (κ1) is 14.6. The molecule has 2 fully saturated rings. The monoisotopic (exact) mass is 292 g/mol. The summed E-state index contributed by atoms with van der Waals surface area (Å²) in [5, 5.41) is 3.63. The number of hydrogen-bond donors (Lipinski definition) is 1. The van der Waals surface area contributed by atoms with Crippen molar-refractivity contribution < 1.29 is 0 Å². The molecule has 0 amide bonds. The number of thiophene rings is 1. The van der Waals surface area contributed by atoms with Crippen LogP contribution in [0.2, 0.25) is 0 Å². The summed E-state index contributed by atoms with van der Waals surface area (Å²) < 4.78 is 0. The number of nitrogens with zero attached hydrogens (tertiary/aromatic N) is 1. The van der Waals surface area contributed by atoms with Crippen LogP contribution in [-0.4, -0.2) is 23.5 Å². The van der Waals surface area contributed by atoms with Gasteiger partial charge in [-0.25, -0.2) is 0 Å². The Morgan fingerprint density at radius 3 is 2.65 bits per heavy atom. The third-order valence-electron chi connectivity index (χ3n) is 4.25. The highest BCUT2D eigenvalue weighted by atomic mass is 32.1. The Kier molecular flexibility index (Phi) is 4.49. The van der Waals surface area contributed by atoms with Crippen molar-refractivity contribution in [3.05, 3.63) is 21.4 Å².